The Morgan fingerprint density at radius 1 is 1.27 bits per heavy atom. The fourth-order valence-electron chi connectivity index (χ4n) is 1.02. The van der Waals surface area contributed by atoms with Gasteiger partial charge in [-0.05, 0) is 13.3 Å². The fraction of sp³-hybridized carbons (Fsp3) is 0.778. The van der Waals surface area contributed by atoms with Crippen molar-refractivity contribution in [2.24, 2.45) is 0 Å². The minimum absolute atomic E-state index is 0.0252. The van der Waals surface area contributed by atoms with Crippen molar-refractivity contribution in [3.63, 3.8) is 0 Å². The first-order valence-corrected chi connectivity index (χ1v) is 4.96. The number of hydrogen-bond acceptors (Lipinski definition) is 4. The van der Waals surface area contributed by atoms with E-state index in [0.717, 1.165) is 0 Å². The molecule has 88 valence electrons. The molecule has 0 saturated heterocycles. The molecule has 0 spiro atoms. The average molecular weight is 218 g/mol. The lowest BCUT2D eigenvalue weighted by atomic mass is 10.4. The van der Waals surface area contributed by atoms with Crippen molar-refractivity contribution < 1.29 is 19.8 Å². The summed E-state index contributed by atoms with van der Waals surface area (Å²) in [6.45, 7) is 2.36. The Labute approximate surface area is 88.9 Å². The molecule has 0 aliphatic rings. The zero-order valence-corrected chi connectivity index (χ0v) is 8.90. The number of likely N-dealkylation sites (N-methyl/N-ethyl adjacent to an activating group) is 1. The Kier molecular flexibility index (Phi) is 7.57. The van der Waals surface area contributed by atoms with E-state index in [0.29, 0.717) is 13.0 Å². The second-order valence-electron chi connectivity index (χ2n) is 2.94. The standard InChI is InChI=1S/C9H18N2O4/c1-2-11(5-7-13)9(15)8(14)10-4-3-6-12/h12-13H,2-7H2,1H3,(H,10,14). The molecule has 0 radical (unpaired) electrons. The van der Waals surface area contributed by atoms with Crippen LogP contribution in [0.4, 0.5) is 0 Å². The van der Waals surface area contributed by atoms with E-state index in [9.17, 15) is 9.59 Å². The van der Waals surface area contributed by atoms with Gasteiger partial charge in [-0.3, -0.25) is 9.59 Å². The quantitative estimate of drug-likeness (QED) is 0.367. The Balaban J connectivity index is 3.99. The van der Waals surface area contributed by atoms with Crippen LogP contribution in [0.3, 0.4) is 0 Å². The molecule has 0 unspecified atom stereocenters. The van der Waals surface area contributed by atoms with Crippen molar-refractivity contribution in [3.05, 3.63) is 0 Å². The first kappa shape index (κ1) is 13.9. The second-order valence-corrected chi connectivity index (χ2v) is 2.94. The lowest BCUT2D eigenvalue weighted by Crippen LogP contribution is -2.44. The maximum absolute atomic E-state index is 11.4. The van der Waals surface area contributed by atoms with Crippen LogP contribution in [0.15, 0.2) is 0 Å². The number of nitrogens with zero attached hydrogens (tertiary/aromatic N) is 1. The molecule has 0 aromatic carbocycles. The molecule has 0 heterocycles. The van der Waals surface area contributed by atoms with Gasteiger partial charge in [0.05, 0.1) is 6.61 Å². The summed E-state index contributed by atoms with van der Waals surface area (Å²) in [6, 6.07) is 0. The maximum Gasteiger partial charge on any atom is 0.311 e. The zero-order valence-electron chi connectivity index (χ0n) is 8.90. The van der Waals surface area contributed by atoms with Gasteiger partial charge in [-0.1, -0.05) is 0 Å². The molecule has 15 heavy (non-hydrogen) atoms. The summed E-state index contributed by atoms with van der Waals surface area (Å²) in [5.41, 5.74) is 0. The Morgan fingerprint density at radius 3 is 2.40 bits per heavy atom. The molecule has 0 fully saturated rings. The van der Waals surface area contributed by atoms with Crippen LogP contribution in [0.1, 0.15) is 13.3 Å². The van der Waals surface area contributed by atoms with Gasteiger partial charge in [-0.2, -0.15) is 0 Å². The lowest BCUT2D eigenvalue weighted by Gasteiger charge is -2.18. The van der Waals surface area contributed by atoms with Crippen molar-refractivity contribution in [3.8, 4) is 0 Å². The molecular formula is C9H18N2O4. The third kappa shape index (κ3) is 5.34. The summed E-state index contributed by atoms with van der Waals surface area (Å²) in [7, 11) is 0. The van der Waals surface area contributed by atoms with Crippen LogP contribution >= 0.6 is 0 Å². The van der Waals surface area contributed by atoms with Crippen LogP contribution in [0.2, 0.25) is 0 Å². The molecule has 2 amide bonds. The van der Waals surface area contributed by atoms with E-state index in [-0.39, 0.29) is 26.3 Å². The van der Waals surface area contributed by atoms with Crippen LogP contribution in [0.5, 0.6) is 0 Å². The number of aliphatic hydroxyl groups is 2. The molecular weight excluding hydrogens is 200 g/mol. The zero-order chi connectivity index (χ0) is 11.7. The number of aliphatic hydroxyl groups excluding tert-OH is 2. The third-order valence-corrected chi connectivity index (χ3v) is 1.85. The maximum atomic E-state index is 11.4. The summed E-state index contributed by atoms with van der Waals surface area (Å²) in [6.07, 6.45) is 0.422. The highest BCUT2D eigenvalue weighted by Gasteiger charge is 2.19. The number of carbonyl (C=O) groups excluding carboxylic acids is 2. The van der Waals surface area contributed by atoms with Gasteiger partial charge >= 0.3 is 11.8 Å². The van der Waals surface area contributed by atoms with Crippen LogP contribution in [-0.2, 0) is 9.59 Å². The van der Waals surface area contributed by atoms with Crippen LogP contribution < -0.4 is 5.32 Å². The second kappa shape index (κ2) is 8.19. The Morgan fingerprint density at radius 2 is 1.93 bits per heavy atom. The van der Waals surface area contributed by atoms with Gasteiger partial charge in [0.2, 0.25) is 0 Å². The minimum Gasteiger partial charge on any atom is -0.396 e. The van der Waals surface area contributed by atoms with Gasteiger partial charge in [0.15, 0.2) is 0 Å². The SMILES string of the molecule is CCN(CCO)C(=O)C(=O)NCCCO. The molecule has 0 aromatic rings. The molecule has 0 aliphatic carbocycles. The average Bonchev–Trinajstić information content (AvgIpc) is 2.25. The molecule has 3 N–H and O–H groups in total. The topological polar surface area (TPSA) is 89.9 Å². The highest BCUT2D eigenvalue weighted by molar-refractivity contribution is 6.34. The van der Waals surface area contributed by atoms with Gasteiger partial charge in [-0.25, -0.2) is 0 Å². The fourth-order valence-corrected chi connectivity index (χ4v) is 1.02. The van der Waals surface area contributed by atoms with E-state index in [1.807, 2.05) is 0 Å². The van der Waals surface area contributed by atoms with Crippen molar-refractivity contribution in [2.45, 2.75) is 13.3 Å². The van der Waals surface area contributed by atoms with E-state index in [1.165, 1.54) is 4.90 Å². The summed E-state index contributed by atoms with van der Waals surface area (Å²) in [4.78, 5) is 23.9. The predicted molar refractivity (Wildman–Crippen MR) is 54.1 cm³/mol. The predicted octanol–water partition coefficient (Wildman–Crippen LogP) is -1.67. The van der Waals surface area contributed by atoms with E-state index in [4.69, 9.17) is 10.2 Å². The number of hydrogen-bond donors (Lipinski definition) is 3. The van der Waals surface area contributed by atoms with Gasteiger partial charge in [-0.15, -0.1) is 0 Å². The first-order valence-electron chi connectivity index (χ1n) is 4.96. The molecule has 0 aromatic heterocycles. The highest BCUT2D eigenvalue weighted by Crippen LogP contribution is 1.89. The van der Waals surface area contributed by atoms with Crippen molar-refractivity contribution in [1.29, 1.82) is 0 Å². The molecule has 0 bridgehead atoms. The number of amides is 2. The van der Waals surface area contributed by atoms with Crippen molar-refractivity contribution in [1.82, 2.24) is 10.2 Å². The molecule has 0 saturated carbocycles. The highest BCUT2D eigenvalue weighted by atomic mass is 16.3. The van der Waals surface area contributed by atoms with E-state index in [2.05, 4.69) is 5.32 Å². The molecule has 0 atom stereocenters. The number of rotatable bonds is 6. The van der Waals surface area contributed by atoms with Gasteiger partial charge in [0, 0.05) is 26.2 Å². The Bertz CT molecular complexity index is 208. The molecule has 6 heteroatoms. The number of carbonyl (C=O) groups is 2. The Hall–Kier alpha value is -1.14. The first-order chi connectivity index (χ1) is 7.17. The number of nitrogens with one attached hydrogen (secondary N) is 1. The van der Waals surface area contributed by atoms with Crippen LogP contribution in [0, 0.1) is 0 Å². The minimum atomic E-state index is -0.696. The van der Waals surface area contributed by atoms with Crippen molar-refractivity contribution in [2.75, 3.05) is 32.8 Å². The summed E-state index contributed by atoms with van der Waals surface area (Å²) >= 11 is 0. The summed E-state index contributed by atoms with van der Waals surface area (Å²) < 4.78 is 0. The van der Waals surface area contributed by atoms with E-state index in [1.54, 1.807) is 6.92 Å². The molecule has 6 nitrogen and oxygen atoms in total. The largest absolute Gasteiger partial charge is 0.396 e. The lowest BCUT2D eigenvalue weighted by molar-refractivity contribution is -0.146. The summed E-state index contributed by atoms with van der Waals surface area (Å²) in [5, 5.41) is 19.5. The van der Waals surface area contributed by atoms with Gasteiger partial charge in [0.1, 0.15) is 0 Å². The van der Waals surface area contributed by atoms with Crippen LogP contribution in [-0.4, -0.2) is 59.8 Å². The normalized spacial score (nSPS) is 9.80. The third-order valence-electron chi connectivity index (χ3n) is 1.85. The molecule has 0 aliphatic heterocycles. The molecule has 0 rings (SSSR count). The summed E-state index contributed by atoms with van der Waals surface area (Å²) in [5.74, 6) is -1.34. The van der Waals surface area contributed by atoms with E-state index >= 15 is 0 Å². The monoisotopic (exact) mass is 218 g/mol. The van der Waals surface area contributed by atoms with Crippen LogP contribution in [0.25, 0.3) is 0 Å². The van der Waals surface area contributed by atoms with Gasteiger partial charge < -0.3 is 20.4 Å². The van der Waals surface area contributed by atoms with E-state index < -0.39 is 11.8 Å². The van der Waals surface area contributed by atoms with Gasteiger partial charge in [0.25, 0.3) is 0 Å². The smallest absolute Gasteiger partial charge is 0.311 e. The van der Waals surface area contributed by atoms with Crippen molar-refractivity contribution >= 4 is 11.8 Å².